The molecular formula is C18H26N4O3. The van der Waals surface area contributed by atoms with Crippen LogP contribution in [-0.2, 0) is 6.54 Å². The molecule has 0 saturated heterocycles. The number of nitrogens with one attached hydrogen (secondary N) is 1. The highest BCUT2D eigenvalue weighted by Crippen LogP contribution is 2.31. The number of nitrogen functional groups attached to an aromatic ring is 2. The maximum atomic E-state index is 9.20. The number of methoxy groups -OCH3 is 1. The van der Waals surface area contributed by atoms with Crippen molar-refractivity contribution in [3.63, 3.8) is 0 Å². The van der Waals surface area contributed by atoms with Crippen LogP contribution in [0.4, 0.5) is 22.7 Å². The Morgan fingerprint density at radius 1 is 1.04 bits per heavy atom. The molecule has 25 heavy (non-hydrogen) atoms. The molecule has 0 heterocycles. The molecule has 0 aromatic heterocycles. The van der Waals surface area contributed by atoms with Gasteiger partial charge in [0.25, 0.3) is 0 Å². The van der Waals surface area contributed by atoms with E-state index < -0.39 is 0 Å². The lowest BCUT2D eigenvalue weighted by Crippen LogP contribution is -2.30. The molecule has 0 amide bonds. The zero-order valence-electron chi connectivity index (χ0n) is 14.4. The Labute approximate surface area is 147 Å². The van der Waals surface area contributed by atoms with Crippen LogP contribution in [0.25, 0.3) is 0 Å². The SMILES string of the molecule is COc1cc(NCc2cc(N)ccc2N)ccc1N(CCO)CCO. The normalized spacial score (nSPS) is 10.5. The minimum Gasteiger partial charge on any atom is -0.495 e. The van der Waals surface area contributed by atoms with Crippen molar-refractivity contribution in [2.45, 2.75) is 6.54 Å². The van der Waals surface area contributed by atoms with Crippen LogP contribution in [-0.4, -0.2) is 43.6 Å². The van der Waals surface area contributed by atoms with Crippen LogP contribution in [0.2, 0.25) is 0 Å². The minimum absolute atomic E-state index is 0.00212. The molecule has 0 aliphatic rings. The third kappa shape index (κ3) is 4.91. The Bertz CT molecular complexity index is 688. The molecule has 0 unspecified atom stereocenters. The Morgan fingerprint density at radius 2 is 1.76 bits per heavy atom. The number of anilines is 4. The summed E-state index contributed by atoms with van der Waals surface area (Å²) in [5.74, 6) is 0.660. The second kappa shape index (κ2) is 9.00. The van der Waals surface area contributed by atoms with Crippen molar-refractivity contribution in [1.82, 2.24) is 0 Å². The topological polar surface area (TPSA) is 117 Å². The molecule has 0 spiro atoms. The van der Waals surface area contributed by atoms with E-state index in [0.717, 1.165) is 16.9 Å². The lowest BCUT2D eigenvalue weighted by Gasteiger charge is -2.25. The van der Waals surface area contributed by atoms with Crippen LogP contribution in [0.3, 0.4) is 0 Å². The van der Waals surface area contributed by atoms with Crippen LogP contribution < -0.4 is 26.4 Å². The molecule has 2 aromatic rings. The van der Waals surface area contributed by atoms with Crippen LogP contribution >= 0.6 is 0 Å². The minimum atomic E-state index is -0.00212. The van der Waals surface area contributed by atoms with Gasteiger partial charge in [0, 0.05) is 42.8 Å². The number of hydrogen-bond donors (Lipinski definition) is 5. The fourth-order valence-corrected chi connectivity index (χ4v) is 2.62. The summed E-state index contributed by atoms with van der Waals surface area (Å²) in [5, 5.41) is 21.7. The second-order valence-corrected chi connectivity index (χ2v) is 5.63. The van der Waals surface area contributed by atoms with Crippen molar-refractivity contribution in [2.75, 3.05) is 55.1 Å². The molecule has 7 N–H and O–H groups in total. The van der Waals surface area contributed by atoms with Gasteiger partial charge in [0.2, 0.25) is 0 Å². The van der Waals surface area contributed by atoms with Gasteiger partial charge in [-0.2, -0.15) is 0 Å². The van der Waals surface area contributed by atoms with Crippen molar-refractivity contribution in [1.29, 1.82) is 0 Å². The van der Waals surface area contributed by atoms with Crippen LogP contribution in [0, 0.1) is 0 Å². The van der Waals surface area contributed by atoms with Gasteiger partial charge < -0.3 is 36.6 Å². The molecule has 2 rings (SSSR count). The zero-order chi connectivity index (χ0) is 18.2. The van der Waals surface area contributed by atoms with Gasteiger partial charge in [-0.05, 0) is 35.9 Å². The van der Waals surface area contributed by atoms with Gasteiger partial charge in [-0.25, -0.2) is 0 Å². The number of aliphatic hydroxyl groups is 2. The summed E-state index contributed by atoms with van der Waals surface area (Å²) in [6.07, 6.45) is 0. The summed E-state index contributed by atoms with van der Waals surface area (Å²) in [6, 6.07) is 11.1. The number of hydrogen-bond acceptors (Lipinski definition) is 7. The molecule has 0 aliphatic carbocycles. The van der Waals surface area contributed by atoms with Crippen molar-refractivity contribution >= 4 is 22.7 Å². The van der Waals surface area contributed by atoms with Crippen LogP contribution in [0.15, 0.2) is 36.4 Å². The second-order valence-electron chi connectivity index (χ2n) is 5.63. The molecule has 136 valence electrons. The smallest absolute Gasteiger partial charge is 0.144 e. The summed E-state index contributed by atoms with van der Waals surface area (Å²) in [5.41, 5.74) is 15.7. The zero-order valence-corrected chi connectivity index (χ0v) is 14.4. The van der Waals surface area contributed by atoms with E-state index in [0.29, 0.717) is 36.8 Å². The Hall–Kier alpha value is -2.64. The van der Waals surface area contributed by atoms with Gasteiger partial charge >= 0.3 is 0 Å². The van der Waals surface area contributed by atoms with E-state index in [2.05, 4.69) is 5.32 Å². The summed E-state index contributed by atoms with van der Waals surface area (Å²) >= 11 is 0. The van der Waals surface area contributed by atoms with E-state index in [9.17, 15) is 10.2 Å². The summed E-state index contributed by atoms with van der Waals surface area (Å²) in [4.78, 5) is 1.87. The first-order valence-corrected chi connectivity index (χ1v) is 8.11. The van der Waals surface area contributed by atoms with Crippen LogP contribution in [0.1, 0.15) is 5.56 Å². The molecule has 0 atom stereocenters. The maximum Gasteiger partial charge on any atom is 0.144 e. The molecule has 0 bridgehead atoms. The highest BCUT2D eigenvalue weighted by molar-refractivity contribution is 5.66. The maximum absolute atomic E-state index is 9.20. The first-order valence-electron chi connectivity index (χ1n) is 8.11. The number of benzene rings is 2. The van der Waals surface area contributed by atoms with Crippen LogP contribution in [0.5, 0.6) is 5.75 Å². The summed E-state index contributed by atoms with van der Waals surface area (Å²) in [6.45, 7) is 1.37. The van der Waals surface area contributed by atoms with Gasteiger partial charge in [0.15, 0.2) is 0 Å². The molecule has 0 radical (unpaired) electrons. The Kier molecular flexibility index (Phi) is 6.73. The fourth-order valence-electron chi connectivity index (χ4n) is 2.62. The molecule has 0 fully saturated rings. The molecule has 0 saturated carbocycles. The number of nitrogens with two attached hydrogens (primary N) is 2. The Balaban J connectivity index is 2.16. The van der Waals surface area contributed by atoms with Gasteiger partial charge in [-0.3, -0.25) is 0 Å². The van der Waals surface area contributed by atoms with E-state index in [-0.39, 0.29) is 13.2 Å². The van der Waals surface area contributed by atoms with E-state index in [1.165, 1.54) is 0 Å². The van der Waals surface area contributed by atoms with Crippen molar-refractivity contribution in [3.8, 4) is 5.75 Å². The first kappa shape index (κ1) is 18.7. The third-order valence-electron chi connectivity index (χ3n) is 3.91. The molecule has 7 nitrogen and oxygen atoms in total. The van der Waals surface area contributed by atoms with E-state index in [1.807, 2.05) is 29.2 Å². The molecule has 2 aromatic carbocycles. The average molecular weight is 346 g/mol. The highest BCUT2D eigenvalue weighted by Gasteiger charge is 2.12. The summed E-state index contributed by atoms with van der Waals surface area (Å²) < 4.78 is 5.46. The quantitative estimate of drug-likeness (QED) is 0.434. The van der Waals surface area contributed by atoms with Gasteiger partial charge in [-0.1, -0.05) is 0 Å². The lowest BCUT2D eigenvalue weighted by molar-refractivity contribution is 0.280. The van der Waals surface area contributed by atoms with Crippen molar-refractivity contribution in [2.24, 2.45) is 0 Å². The van der Waals surface area contributed by atoms with Gasteiger partial charge in [0.1, 0.15) is 5.75 Å². The predicted molar refractivity (Wildman–Crippen MR) is 102 cm³/mol. The number of ether oxygens (including phenoxy) is 1. The first-order chi connectivity index (χ1) is 12.1. The monoisotopic (exact) mass is 346 g/mol. The predicted octanol–water partition coefficient (Wildman–Crippen LogP) is 1.26. The average Bonchev–Trinajstić information content (AvgIpc) is 2.62. The van der Waals surface area contributed by atoms with E-state index >= 15 is 0 Å². The lowest BCUT2D eigenvalue weighted by atomic mass is 10.1. The number of nitrogens with zero attached hydrogens (tertiary/aromatic N) is 1. The number of rotatable bonds is 9. The standard InChI is InChI=1S/C18H26N4O3/c1-25-18-11-15(3-5-17(18)22(6-8-23)7-9-24)21-12-13-10-14(19)2-4-16(13)20/h2-5,10-11,21,23-24H,6-9,12,19-20H2,1H3. The summed E-state index contributed by atoms with van der Waals surface area (Å²) in [7, 11) is 1.59. The highest BCUT2D eigenvalue weighted by atomic mass is 16.5. The van der Waals surface area contributed by atoms with Crippen molar-refractivity contribution < 1.29 is 14.9 Å². The molecular weight excluding hydrogens is 320 g/mol. The van der Waals surface area contributed by atoms with E-state index in [1.54, 1.807) is 19.2 Å². The largest absolute Gasteiger partial charge is 0.495 e. The van der Waals surface area contributed by atoms with Gasteiger partial charge in [0.05, 0.1) is 26.0 Å². The van der Waals surface area contributed by atoms with Gasteiger partial charge in [-0.15, -0.1) is 0 Å². The third-order valence-corrected chi connectivity index (χ3v) is 3.91. The number of aliphatic hydroxyl groups excluding tert-OH is 2. The molecule has 7 heteroatoms. The van der Waals surface area contributed by atoms with Crippen molar-refractivity contribution in [3.05, 3.63) is 42.0 Å². The fraction of sp³-hybridized carbons (Fsp3) is 0.333. The molecule has 0 aliphatic heterocycles. The Morgan fingerprint density at radius 3 is 2.40 bits per heavy atom. The van der Waals surface area contributed by atoms with E-state index in [4.69, 9.17) is 16.2 Å².